The van der Waals surface area contributed by atoms with Crippen LogP contribution in [0.25, 0.3) is 0 Å². The normalized spacial score (nSPS) is 20.9. The topological polar surface area (TPSA) is 66.4 Å². The van der Waals surface area contributed by atoms with Gasteiger partial charge in [-0.05, 0) is 25.2 Å². The van der Waals surface area contributed by atoms with E-state index in [1.165, 1.54) is 7.11 Å². The minimum Gasteiger partial charge on any atom is -0.469 e. The summed E-state index contributed by atoms with van der Waals surface area (Å²) in [4.78, 5) is 21.0. The summed E-state index contributed by atoms with van der Waals surface area (Å²) in [6, 6.07) is 0.489. The summed E-state index contributed by atoms with van der Waals surface area (Å²) in [5.74, 6) is 1.53. The predicted octanol–water partition coefficient (Wildman–Crippen LogP) is 1.81. The Kier molecular flexibility index (Phi) is 11.6. The summed E-state index contributed by atoms with van der Waals surface area (Å²) in [6.45, 7) is 10.8. The second-order valence-electron chi connectivity index (χ2n) is 7.64. The number of carbonyl (C=O) groups excluding carboxylic acids is 1. The van der Waals surface area contributed by atoms with Crippen molar-refractivity contribution >= 4 is 35.9 Å². The molecule has 7 nitrogen and oxygen atoms in total. The lowest BCUT2D eigenvalue weighted by molar-refractivity contribution is -0.146. The third-order valence-electron chi connectivity index (χ3n) is 5.34. The van der Waals surface area contributed by atoms with Crippen LogP contribution in [0.3, 0.4) is 0 Å². The van der Waals surface area contributed by atoms with E-state index in [4.69, 9.17) is 9.47 Å². The van der Waals surface area contributed by atoms with E-state index >= 15 is 0 Å². The van der Waals surface area contributed by atoms with Gasteiger partial charge in [0.15, 0.2) is 5.96 Å². The van der Waals surface area contributed by atoms with Gasteiger partial charge in [-0.15, -0.1) is 24.0 Å². The van der Waals surface area contributed by atoms with Crippen LogP contribution in [0.1, 0.15) is 33.1 Å². The van der Waals surface area contributed by atoms with E-state index in [-0.39, 0.29) is 35.9 Å². The quantitative estimate of drug-likeness (QED) is 0.262. The molecule has 1 atom stereocenters. The molecule has 0 radical (unpaired) electrons. The van der Waals surface area contributed by atoms with Crippen molar-refractivity contribution in [2.24, 2.45) is 16.8 Å². The van der Waals surface area contributed by atoms with Gasteiger partial charge in [-0.25, -0.2) is 0 Å². The molecule has 0 spiro atoms. The average Bonchev–Trinajstić information content (AvgIpc) is 2.67. The highest BCUT2D eigenvalue weighted by Gasteiger charge is 2.28. The number of hydrogen-bond donors (Lipinski definition) is 1. The van der Waals surface area contributed by atoms with Crippen molar-refractivity contribution in [1.82, 2.24) is 15.1 Å². The fourth-order valence-corrected chi connectivity index (χ4v) is 3.88. The van der Waals surface area contributed by atoms with Gasteiger partial charge in [-0.1, -0.05) is 13.8 Å². The Labute approximate surface area is 181 Å². The molecule has 1 N–H and O–H groups in total. The Morgan fingerprint density at radius 1 is 1.22 bits per heavy atom. The number of ether oxygens (including phenoxy) is 2. The number of piperidine rings is 1. The lowest BCUT2D eigenvalue weighted by Gasteiger charge is -2.37. The van der Waals surface area contributed by atoms with Crippen LogP contribution in [0.2, 0.25) is 0 Å². The van der Waals surface area contributed by atoms with Crippen molar-refractivity contribution in [3.8, 4) is 0 Å². The zero-order valence-electron chi connectivity index (χ0n) is 17.3. The molecule has 0 saturated carbocycles. The van der Waals surface area contributed by atoms with Crippen LogP contribution >= 0.6 is 24.0 Å². The molecule has 2 fully saturated rings. The van der Waals surface area contributed by atoms with Crippen molar-refractivity contribution in [1.29, 1.82) is 0 Å². The van der Waals surface area contributed by atoms with Gasteiger partial charge in [0.2, 0.25) is 0 Å². The minimum atomic E-state index is -0.0862. The van der Waals surface area contributed by atoms with E-state index in [0.29, 0.717) is 12.0 Å². The fourth-order valence-electron chi connectivity index (χ4n) is 3.88. The summed E-state index contributed by atoms with van der Waals surface area (Å²) in [6.07, 6.45) is 2.81. The first-order chi connectivity index (χ1) is 12.5. The summed E-state index contributed by atoms with van der Waals surface area (Å²) >= 11 is 0. The highest BCUT2D eigenvalue weighted by Crippen LogP contribution is 2.19. The van der Waals surface area contributed by atoms with Gasteiger partial charge in [0.25, 0.3) is 0 Å². The largest absolute Gasteiger partial charge is 0.469 e. The number of nitrogens with one attached hydrogen (secondary N) is 1. The van der Waals surface area contributed by atoms with E-state index in [9.17, 15) is 4.79 Å². The summed E-state index contributed by atoms with van der Waals surface area (Å²) in [5.41, 5.74) is 0. The Balaban J connectivity index is 0.00000364. The van der Waals surface area contributed by atoms with E-state index in [1.54, 1.807) is 0 Å². The molecule has 0 aromatic carbocycles. The minimum absolute atomic E-state index is 0. The molecule has 1 unspecified atom stereocenters. The molecule has 2 aliphatic heterocycles. The van der Waals surface area contributed by atoms with E-state index in [0.717, 1.165) is 71.2 Å². The number of nitrogens with zero attached hydrogens (tertiary/aromatic N) is 3. The van der Waals surface area contributed by atoms with Crippen LogP contribution in [-0.2, 0) is 14.3 Å². The first-order valence-corrected chi connectivity index (χ1v) is 9.90. The van der Waals surface area contributed by atoms with Gasteiger partial charge in [0.1, 0.15) is 0 Å². The lowest BCUT2D eigenvalue weighted by atomic mass is 9.97. The van der Waals surface area contributed by atoms with Crippen molar-refractivity contribution in [2.75, 3.05) is 60.1 Å². The number of halogens is 1. The molecule has 27 heavy (non-hydrogen) atoms. The van der Waals surface area contributed by atoms with Gasteiger partial charge < -0.3 is 19.7 Å². The molecule has 2 rings (SSSR count). The Hall–Kier alpha value is -0.610. The van der Waals surface area contributed by atoms with Crippen LogP contribution in [0.5, 0.6) is 0 Å². The number of aliphatic imine (C=N–C) groups is 1. The number of likely N-dealkylation sites (tertiary alicyclic amines) is 1. The van der Waals surface area contributed by atoms with Crippen molar-refractivity contribution < 1.29 is 14.3 Å². The van der Waals surface area contributed by atoms with Gasteiger partial charge in [0, 0.05) is 45.8 Å². The average molecular weight is 496 g/mol. The van der Waals surface area contributed by atoms with Gasteiger partial charge >= 0.3 is 5.97 Å². The van der Waals surface area contributed by atoms with Crippen LogP contribution in [0, 0.1) is 11.8 Å². The first kappa shape index (κ1) is 24.4. The van der Waals surface area contributed by atoms with Crippen LogP contribution < -0.4 is 5.32 Å². The molecule has 2 aliphatic rings. The maximum Gasteiger partial charge on any atom is 0.308 e. The van der Waals surface area contributed by atoms with Gasteiger partial charge in [-0.2, -0.15) is 0 Å². The standard InChI is InChI=1S/C19H36N4O3.HI/c1-15(2)13-17(22-9-11-26-12-10-22)14-21-19(20-3)23-7-5-16(6-8-23)18(24)25-4;/h15-17H,5-14H2,1-4H3,(H,20,21);1H. The number of methoxy groups -OCH3 is 1. The molecular formula is C19H37IN4O3. The van der Waals surface area contributed by atoms with Gasteiger partial charge in [-0.3, -0.25) is 14.7 Å². The molecular weight excluding hydrogens is 459 g/mol. The van der Waals surface area contributed by atoms with Crippen LogP contribution in [0.15, 0.2) is 4.99 Å². The fraction of sp³-hybridized carbons (Fsp3) is 0.895. The Bertz CT molecular complexity index is 462. The van der Waals surface area contributed by atoms with Crippen molar-refractivity contribution in [2.45, 2.75) is 39.2 Å². The second-order valence-corrected chi connectivity index (χ2v) is 7.64. The number of morpholine rings is 1. The number of hydrogen-bond acceptors (Lipinski definition) is 5. The van der Waals surface area contributed by atoms with E-state index < -0.39 is 0 Å². The molecule has 0 aromatic heterocycles. The maximum absolute atomic E-state index is 11.7. The molecule has 2 saturated heterocycles. The number of guanidine groups is 1. The van der Waals surface area contributed by atoms with E-state index in [2.05, 4.69) is 34.0 Å². The van der Waals surface area contributed by atoms with Crippen molar-refractivity contribution in [3.05, 3.63) is 0 Å². The Morgan fingerprint density at radius 3 is 2.37 bits per heavy atom. The zero-order chi connectivity index (χ0) is 18.9. The summed E-state index contributed by atoms with van der Waals surface area (Å²) < 4.78 is 10.4. The van der Waals surface area contributed by atoms with Crippen molar-refractivity contribution in [3.63, 3.8) is 0 Å². The molecule has 8 heteroatoms. The van der Waals surface area contributed by atoms with E-state index in [1.807, 2.05) is 7.05 Å². The summed E-state index contributed by atoms with van der Waals surface area (Å²) in [7, 11) is 3.30. The number of carbonyl (C=O) groups is 1. The molecule has 0 aliphatic carbocycles. The van der Waals surface area contributed by atoms with Crippen LogP contribution in [0.4, 0.5) is 0 Å². The monoisotopic (exact) mass is 496 g/mol. The van der Waals surface area contributed by atoms with Gasteiger partial charge in [0.05, 0.1) is 26.2 Å². The Morgan fingerprint density at radius 2 is 1.85 bits per heavy atom. The summed E-state index contributed by atoms with van der Waals surface area (Å²) in [5, 5.41) is 3.58. The van der Waals surface area contributed by atoms with Crippen LogP contribution in [-0.4, -0.2) is 87.9 Å². The maximum atomic E-state index is 11.7. The smallest absolute Gasteiger partial charge is 0.308 e. The molecule has 158 valence electrons. The number of rotatable bonds is 6. The SMILES string of the molecule is CN=C(NCC(CC(C)C)N1CCOCC1)N1CCC(C(=O)OC)CC1.I. The predicted molar refractivity (Wildman–Crippen MR) is 119 cm³/mol. The molecule has 0 aromatic rings. The molecule has 0 bridgehead atoms. The third-order valence-corrected chi connectivity index (χ3v) is 5.34. The highest BCUT2D eigenvalue weighted by molar-refractivity contribution is 14.0. The zero-order valence-corrected chi connectivity index (χ0v) is 19.6. The first-order valence-electron chi connectivity index (χ1n) is 9.90. The third kappa shape index (κ3) is 7.73. The molecule has 0 amide bonds. The number of esters is 1. The molecule has 2 heterocycles. The highest BCUT2D eigenvalue weighted by atomic mass is 127. The second kappa shape index (κ2) is 12.8. The lowest BCUT2D eigenvalue weighted by Crippen LogP contribution is -2.53.